The molecule has 0 bridgehead atoms. The fourth-order valence-corrected chi connectivity index (χ4v) is 4.75. The summed E-state index contributed by atoms with van der Waals surface area (Å²) in [4.78, 5) is 12.6. The Hall–Kier alpha value is -2.87. The van der Waals surface area contributed by atoms with Crippen molar-refractivity contribution in [1.29, 1.82) is 0 Å². The zero-order chi connectivity index (χ0) is 23.5. The maximum absolute atomic E-state index is 14.1. The minimum absolute atomic E-state index is 0.0113. The van der Waals surface area contributed by atoms with Crippen LogP contribution < -0.4 is 9.62 Å². The van der Waals surface area contributed by atoms with Gasteiger partial charge < -0.3 is 5.32 Å². The van der Waals surface area contributed by atoms with Crippen LogP contribution in [-0.4, -0.2) is 20.9 Å². The van der Waals surface area contributed by atoms with Gasteiger partial charge in [0.25, 0.3) is 15.9 Å². The normalized spacial score (nSPS) is 11.1. The van der Waals surface area contributed by atoms with Crippen molar-refractivity contribution in [3.8, 4) is 0 Å². The molecule has 0 heterocycles. The van der Waals surface area contributed by atoms with Gasteiger partial charge >= 0.3 is 0 Å². The van der Waals surface area contributed by atoms with Gasteiger partial charge in [-0.05, 0) is 67.1 Å². The summed E-state index contributed by atoms with van der Waals surface area (Å²) in [5.41, 5.74) is 0.973. The van der Waals surface area contributed by atoms with Crippen molar-refractivity contribution in [3.05, 3.63) is 100 Å². The molecule has 166 valence electrons. The molecule has 3 aromatic rings. The van der Waals surface area contributed by atoms with Gasteiger partial charge in [-0.1, -0.05) is 35.3 Å². The van der Waals surface area contributed by atoms with Crippen molar-refractivity contribution >= 4 is 50.5 Å². The zero-order valence-corrected chi connectivity index (χ0v) is 19.3. The summed E-state index contributed by atoms with van der Waals surface area (Å²) >= 11 is 12.1. The van der Waals surface area contributed by atoms with Crippen LogP contribution in [0.3, 0.4) is 0 Å². The lowest BCUT2D eigenvalue weighted by Crippen LogP contribution is -2.31. The van der Waals surface area contributed by atoms with Gasteiger partial charge in [-0.25, -0.2) is 12.8 Å². The smallest absolute Gasteiger partial charge is 0.264 e. The van der Waals surface area contributed by atoms with E-state index in [1.165, 1.54) is 30.3 Å². The molecule has 0 saturated heterocycles. The minimum Gasteiger partial charge on any atom is -0.319 e. The number of hydrogen-bond donors (Lipinski definition) is 1. The average Bonchev–Trinajstić information content (AvgIpc) is 2.75. The molecular weight excluding hydrogens is 474 g/mol. The molecule has 0 fully saturated rings. The number of nitrogens with one attached hydrogen (secondary N) is 1. The Bertz CT molecular complexity index is 1280. The number of aryl methyl sites for hydroxylation is 1. The molecule has 5 nitrogen and oxygen atoms in total. The number of rotatable bonds is 7. The van der Waals surface area contributed by atoms with Crippen LogP contribution in [0.15, 0.2) is 78.2 Å². The summed E-state index contributed by atoms with van der Waals surface area (Å²) in [6, 6.07) is 14.3. The molecule has 0 atom stereocenters. The molecule has 9 heteroatoms. The largest absolute Gasteiger partial charge is 0.319 e. The lowest BCUT2D eigenvalue weighted by atomic mass is 10.2. The Morgan fingerprint density at radius 2 is 1.78 bits per heavy atom. The minimum atomic E-state index is -4.08. The fourth-order valence-electron chi connectivity index (χ4n) is 2.96. The van der Waals surface area contributed by atoms with Crippen LogP contribution in [0.5, 0.6) is 0 Å². The second kappa shape index (κ2) is 9.73. The van der Waals surface area contributed by atoms with Crippen molar-refractivity contribution in [3.63, 3.8) is 0 Å². The molecule has 0 aromatic heterocycles. The first-order valence-electron chi connectivity index (χ1n) is 9.39. The molecule has 3 rings (SSSR count). The molecule has 1 amide bonds. The van der Waals surface area contributed by atoms with Crippen molar-refractivity contribution < 1.29 is 17.6 Å². The highest BCUT2D eigenvalue weighted by Gasteiger charge is 2.26. The lowest BCUT2D eigenvalue weighted by Gasteiger charge is -2.23. The topological polar surface area (TPSA) is 66.5 Å². The van der Waals surface area contributed by atoms with Crippen LogP contribution in [0.2, 0.25) is 10.0 Å². The van der Waals surface area contributed by atoms with Crippen molar-refractivity contribution in [1.82, 2.24) is 0 Å². The zero-order valence-electron chi connectivity index (χ0n) is 17.0. The van der Waals surface area contributed by atoms with E-state index in [1.807, 2.05) is 0 Å². The molecule has 1 N–H and O–H groups in total. The van der Waals surface area contributed by atoms with E-state index in [0.717, 1.165) is 15.9 Å². The fraction of sp³-hybridized carbons (Fsp3) is 0.0870. The third kappa shape index (κ3) is 5.12. The highest BCUT2D eigenvalue weighted by Crippen LogP contribution is 2.28. The van der Waals surface area contributed by atoms with Gasteiger partial charge in [-0.2, -0.15) is 0 Å². The third-order valence-electron chi connectivity index (χ3n) is 4.55. The van der Waals surface area contributed by atoms with E-state index in [2.05, 4.69) is 11.9 Å². The van der Waals surface area contributed by atoms with Gasteiger partial charge in [-0.3, -0.25) is 9.10 Å². The van der Waals surface area contributed by atoms with E-state index in [-0.39, 0.29) is 27.7 Å². The molecule has 32 heavy (non-hydrogen) atoms. The molecule has 0 aliphatic rings. The second-order valence-corrected chi connectivity index (χ2v) is 9.59. The average molecular weight is 493 g/mol. The van der Waals surface area contributed by atoms with Crippen LogP contribution in [0, 0.1) is 12.7 Å². The first-order valence-corrected chi connectivity index (χ1v) is 11.6. The Balaban J connectivity index is 2.00. The maximum Gasteiger partial charge on any atom is 0.264 e. The molecule has 0 spiro atoms. The van der Waals surface area contributed by atoms with E-state index in [1.54, 1.807) is 37.3 Å². The second-order valence-electron chi connectivity index (χ2n) is 6.88. The van der Waals surface area contributed by atoms with Crippen LogP contribution in [0.4, 0.5) is 15.8 Å². The quantitative estimate of drug-likeness (QED) is 0.406. The standard InChI is InChI=1S/C23H19Cl2FN2O3S/c1-3-12-28(17-7-5-16(24)6-8-17)32(30,31)18-9-10-20(25)19(14-18)23(29)27-22-13-15(2)4-11-21(22)26/h3-11,13-14H,1,12H2,2H3,(H,27,29). The number of benzene rings is 3. The van der Waals surface area contributed by atoms with E-state index >= 15 is 0 Å². The number of sulfonamides is 1. The first-order chi connectivity index (χ1) is 15.1. The van der Waals surface area contributed by atoms with Crippen LogP contribution in [0.1, 0.15) is 15.9 Å². The summed E-state index contributed by atoms with van der Waals surface area (Å²) in [6.45, 7) is 5.36. The predicted molar refractivity (Wildman–Crippen MR) is 127 cm³/mol. The third-order valence-corrected chi connectivity index (χ3v) is 6.92. The van der Waals surface area contributed by atoms with Gasteiger partial charge in [-0.15, -0.1) is 6.58 Å². The van der Waals surface area contributed by atoms with Gasteiger partial charge in [0.1, 0.15) is 5.82 Å². The number of hydrogen-bond acceptors (Lipinski definition) is 3. The van der Waals surface area contributed by atoms with E-state index in [4.69, 9.17) is 23.2 Å². The number of anilines is 2. The Kier molecular flexibility index (Phi) is 7.23. The van der Waals surface area contributed by atoms with Gasteiger partial charge in [0.15, 0.2) is 0 Å². The Morgan fingerprint density at radius 1 is 1.09 bits per heavy atom. The molecule has 0 aliphatic carbocycles. The molecule has 0 unspecified atom stereocenters. The first kappa shape index (κ1) is 23.8. The van der Waals surface area contributed by atoms with E-state index < -0.39 is 21.7 Å². The van der Waals surface area contributed by atoms with E-state index in [0.29, 0.717) is 10.7 Å². The Labute approximate surface area is 196 Å². The summed E-state index contributed by atoms with van der Waals surface area (Å²) in [7, 11) is -4.08. The predicted octanol–water partition coefficient (Wildman–Crippen LogP) is 6.07. The highest BCUT2D eigenvalue weighted by atomic mass is 35.5. The summed E-state index contributed by atoms with van der Waals surface area (Å²) < 4.78 is 41.9. The van der Waals surface area contributed by atoms with Gasteiger partial charge in [0.2, 0.25) is 0 Å². The SMILES string of the molecule is C=CCN(c1ccc(Cl)cc1)S(=O)(=O)c1ccc(Cl)c(C(=O)Nc2cc(C)ccc2F)c1. The van der Waals surface area contributed by atoms with Crippen LogP contribution >= 0.6 is 23.2 Å². The highest BCUT2D eigenvalue weighted by molar-refractivity contribution is 7.92. The number of nitrogens with zero attached hydrogens (tertiary/aromatic N) is 1. The number of halogens is 3. The Morgan fingerprint density at radius 3 is 2.44 bits per heavy atom. The maximum atomic E-state index is 14.1. The monoisotopic (exact) mass is 492 g/mol. The number of carbonyl (C=O) groups excluding carboxylic acids is 1. The lowest BCUT2D eigenvalue weighted by molar-refractivity contribution is 0.102. The molecule has 0 saturated carbocycles. The number of amides is 1. The summed E-state index contributed by atoms with van der Waals surface area (Å²) in [5.74, 6) is -1.36. The molecular formula is C23H19Cl2FN2O3S. The van der Waals surface area contributed by atoms with Crippen molar-refractivity contribution in [2.75, 3.05) is 16.2 Å². The van der Waals surface area contributed by atoms with Gasteiger partial charge in [0.05, 0.1) is 33.4 Å². The van der Waals surface area contributed by atoms with Crippen molar-refractivity contribution in [2.45, 2.75) is 11.8 Å². The molecule has 0 radical (unpaired) electrons. The van der Waals surface area contributed by atoms with Crippen LogP contribution in [-0.2, 0) is 10.0 Å². The van der Waals surface area contributed by atoms with E-state index in [9.17, 15) is 17.6 Å². The van der Waals surface area contributed by atoms with Crippen LogP contribution in [0.25, 0.3) is 0 Å². The van der Waals surface area contributed by atoms with Gasteiger partial charge in [0, 0.05) is 5.02 Å². The molecule has 0 aliphatic heterocycles. The molecule has 3 aromatic carbocycles. The summed E-state index contributed by atoms with van der Waals surface area (Å²) in [6.07, 6.45) is 1.44. The summed E-state index contributed by atoms with van der Waals surface area (Å²) in [5, 5.41) is 2.92. The number of carbonyl (C=O) groups is 1. The van der Waals surface area contributed by atoms with Crippen molar-refractivity contribution in [2.24, 2.45) is 0 Å².